The van der Waals surface area contributed by atoms with Gasteiger partial charge in [-0.25, -0.2) is 4.79 Å². The second-order valence-corrected chi connectivity index (χ2v) is 17.1. The van der Waals surface area contributed by atoms with Gasteiger partial charge in [0.2, 0.25) is 0 Å². The summed E-state index contributed by atoms with van der Waals surface area (Å²) in [6, 6.07) is 0. The number of hydrogen-bond donors (Lipinski definition) is 0. The van der Waals surface area contributed by atoms with Crippen molar-refractivity contribution in [2.75, 3.05) is 20.3 Å². The third-order valence-corrected chi connectivity index (χ3v) is 12.3. The minimum absolute atomic E-state index is 0.187. The normalized spacial score (nSPS) is 13.1. The maximum atomic E-state index is 11.3. The van der Waals surface area contributed by atoms with Gasteiger partial charge in [0.25, 0.3) is 0 Å². The van der Waals surface area contributed by atoms with Gasteiger partial charge in [-0.15, -0.1) is 0 Å². The molecule has 0 aliphatic carbocycles. The Balaban J connectivity index is 4.33. The highest BCUT2D eigenvalue weighted by Crippen LogP contribution is 2.21. The predicted molar refractivity (Wildman–Crippen MR) is 93.4 cm³/mol. The first-order valence-electron chi connectivity index (χ1n) is 7.22. The van der Waals surface area contributed by atoms with Gasteiger partial charge in [0.15, 0.2) is 0 Å². The Labute approximate surface area is 137 Å². The van der Waals surface area contributed by atoms with E-state index in [9.17, 15) is 4.79 Å². The smallest absolute Gasteiger partial charge is 0.333 e. The second kappa shape index (κ2) is 8.52. The van der Waals surface area contributed by atoms with E-state index < -0.39 is 31.7 Å². The molecular formula is C13H30O6Si3. The summed E-state index contributed by atoms with van der Waals surface area (Å²) in [6.45, 7) is 17.5. The highest BCUT2D eigenvalue weighted by Gasteiger charge is 2.41. The Kier molecular flexibility index (Phi) is 8.41. The molecule has 130 valence electrons. The summed E-state index contributed by atoms with van der Waals surface area (Å²) in [7, 11) is -5.20. The van der Waals surface area contributed by atoms with Crippen LogP contribution >= 0.6 is 0 Å². The summed E-state index contributed by atoms with van der Waals surface area (Å²) in [6.07, 6.45) is 0. The molecule has 0 N–H and O–H groups in total. The number of carbonyl (C=O) groups excluding carboxylic acids is 1. The van der Waals surface area contributed by atoms with Crippen LogP contribution in [0.5, 0.6) is 0 Å². The first kappa shape index (κ1) is 21.7. The number of ether oxygens (including phenoxy) is 1. The zero-order chi connectivity index (χ0) is 17.6. The summed E-state index contributed by atoms with van der Waals surface area (Å²) in [4.78, 5) is 11.3. The fraction of sp³-hybridized carbons (Fsp3) is 0.769. The van der Waals surface area contributed by atoms with Crippen LogP contribution in [0.1, 0.15) is 6.92 Å². The monoisotopic (exact) mass is 366 g/mol. The van der Waals surface area contributed by atoms with Crippen molar-refractivity contribution in [3.8, 4) is 0 Å². The van der Waals surface area contributed by atoms with Gasteiger partial charge in [0.1, 0.15) is 6.61 Å². The Hall–Kier alpha value is -0.299. The molecule has 0 aliphatic heterocycles. The molecule has 0 unspecified atom stereocenters. The Morgan fingerprint density at radius 3 is 1.86 bits per heavy atom. The average Bonchev–Trinajstić information content (AvgIpc) is 2.31. The highest BCUT2D eigenvalue weighted by atomic mass is 28.5. The molecule has 0 aromatic rings. The molecule has 0 aromatic carbocycles. The van der Waals surface area contributed by atoms with Gasteiger partial charge in [-0.05, 0) is 46.2 Å². The summed E-state index contributed by atoms with van der Waals surface area (Å²) in [5.41, 5.74) is 0.376. The third kappa shape index (κ3) is 9.66. The van der Waals surface area contributed by atoms with Gasteiger partial charge in [-0.1, -0.05) is 6.58 Å². The molecule has 0 bridgehead atoms. The first-order chi connectivity index (χ1) is 9.80. The molecule has 22 heavy (non-hydrogen) atoms. The molecule has 6 nitrogen and oxygen atoms in total. The van der Waals surface area contributed by atoms with E-state index in [1.165, 1.54) is 0 Å². The van der Waals surface area contributed by atoms with Crippen LogP contribution in [0, 0.1) is 0 Å². The van der Waals surface area contributed by atoms with Crippen molar-refractivity contribution < 1.29 is 26.6 Å². The molecule has 0 fully saturated rings. The largest absolute Gasteiger partial charge is 0.460 e. The zero-order valence-electron chi connectivity index (χ0n) is 15.1. The Morgan fingerprint density at radius 2 is 1.41 bits per heavy atom. The standard InChI is InChI=1S/C13H30O6Si3/c1-12(2)13(14)16-10-11-17-21(6,7)19-22(8,9)18-20(4,5)15-3/h1,10-11H2,2-9H3. The van der Waals surface area contributed by atoms with E-state index in [0.717, 1.165) is 0 Å². The Bertz CT molecular complexity index is 395. The van der Waals surface area contributed by atoms with E-state index in [1.807, 2.05) is 39.3 Å². The summed E-state index contributed by atoms with van der Waals surface area (Å²) in [5.74, 6) is -0.408. The minimum Gasteiger partial charge on any atom is -0.460 e. The van der Waals surface area contributed by atoms with Crippen LogP contribution < -0.4 is 0 Å². The summed E-state index contributed by atoms with van der Waals surface area (Å²) >= 11 is 0. The number of esters is 1. The maximum absolute atomic E-state index is 11.3. The van der Waals surface area contributed by atoms with Crippen molar-refractivity contribution in [3.05, 3.63) is 12.2 Å². The molecule has 0 saturated heterocycles. The zero-order valence-corrected chi connectivity index (χ0v) is 18.1. The fourth-order valence-electron chi connectivity index (χ4n) is 1.82. The number of rotatable bonds is 10. The molecule has 0 aromatic heterocycles. The van der Waals surface area contributed by atoms with Crippen LogP contribution in [0.2, 0.25) is 39.3 Å². The van der Waals surface area contributed by atoms with Gasteiger partial charge in [-0.2, -0.15) is 0 Å². The van der Waals surface area contributed by atoms with Gasteiger partial charge >= 0.3 is 31.7 Å². The molecule has 0 aliphatic rings. The summed E-state index contributed by atoms with van der Waals surface area (Å²) in [5, 5.41) is 0. The lowest BCUT2D eigenvalue weighted by Gasteiger charge is -2.36. The van der Waals surface area contributed by atoms with E-state index in [4.69, 9.17) is 21.8 Å². The van der Waals surface area contributed by atoms with Crippen molar-refractivity contribution in [1.82, 2.24) is 0 Å². The van der Waals surface area contributed by atoms with Crippen molar-refractivity contribution >= 4 is 31.7 Å². The lowest BCUT2D eigenvalue weighted by molar-refractivity contribution is -0.139. The van der Waals surface area contributed by atoms with E-state index in [1.54, 1.807) is 14.0 Å². The number of carbonyl (C=O) groups is 1. The van der Waals surface area contributed by atoms with Crippen LogP contribution in [0.15, 0.2) is 12.2 Å². The lowest BCUT2D eigenvalue weighted by Crippen LogP contribution is -2.54. The molecule has 0 radical (unpaired) electrons. The van der Waals surface area contributed by atoms with Crippen molar-refractivity contribution in [2.24, 2.45) is 0 Å². The Morgan fingerprint density at radius 1 is 0.909 bits per heavy atom. The second-order valence-electron chi connectivity index (χ2n) is 6.37. The van der Waals surface area contributed by atoms with Gasteiger partial charge < -0.3 is 21.8 Å². The molecule has 0 rings (SSSR count). The van der Waals surface area contributed by atoms with Crippen LogP contribution in [-0.2, 0) is 26.6 Å². The van der Waals surface area contributed by atoms with Crippen LogP contribution in [0.3, 0.4) is 0 Å². The summed E-state index contributed by atoms with van der Waals surface area (Å²) < 4.78 is 28.4. The molecule has 0 amide bonds. The predicted octanol–water partition coefficient (Wildman–Crippen LogP) is 2.91. The topological polar surface area (TPSA) is 63.2 Å². The lowest BCUT2D eigenvalue weighted by atomic mass is 10.4. The minimum atomic E-state index is -2.36. The van der Waals surface area contributed by atoms with Crippen LogP contribution in [0.25, 0.3) is 0 Å². The van der Waals surface area contributed by atoms with Gasteiger partial charge in [-0.3, -0.25) is 0 Å². The SMILES string of the molecule is C=C(C)C(=O)OCCO[Si](C)(C)O[Si](C)(C)O[Si](C)(C)OC. The maximum Gasteiger partial charge on any atom is 0.333 e. The van der Waals surface area contributed by atoms with E-state index in [2.05, 4.69) is 6.58 Å². The highest BCUT2D eigenvalue weighted by molar-refractivity contribution is 6.84. The van der Waals surface area contributed by atoms with Gasteiger partial charge in [0, 0.05) is 12.7 Å². The molecule has 0 heterocycles. The van der Waals surface area contributed by atoms with Crippen molar-refractivity contribution in [2.45, 2.75) is 46.2 Å². The molecule has 0 atom stereocenters. The quantitative estimate of drug-likeness (QED) is 0.256. The van der Waals surface area contributed by atoms with E-state index >= 15 is 0 Å². The van der Waals surface area contributed by atoms with Gasteiger partial charge in [0.05, 0.1) is 6.61 Å². The van der Waals surface area contributed by atoms with E-state index in [0.29, 0.717) is 12.2 Å². The average molecular weight is 367 g/mol. The molecule has 0 saturated carbocycles. The van der Waals surface area contributed by atoms with Crippen molar-refractivity contribution in [3.63, 3.8) is 0 Å². The third-order valence-electron chi connectivity index (χ3n) is 2.59. The molecule has 9 heteroatoms. The first-order valence-corrected chi connectivity index (χ1v) is 15.7. The van der Waals surface area contributed by atoms with Crippen LogP contribution in [0.4, 0.5) is 0 Å². The van der Waals surface area contributed by atoms with Crippen molar-refractivity contribution in [1.29, 1.82) is 0 Å². The van der Waals surface area contributed by atoms with E-state index in [-0.39, 0.29) is 6.61 Å². The molecular weight excluding hydrogens is 336 g/mol. The fourth-order valence-corrected chi connectivity index (χ4v) is 13.0. The van der Waals surface area contributed by atoms with Crippen LogP contribution in [-0.4, -0.2) is 52.0 Å². The molecule has 0 spiro atoms. The number of hydrogen-bond acceptors (Lipinski definition) is 6.